The molecule has 0 saturated carbocycles. The number of methoxy groups -OCH3 is 2. The van der Waals surface area contributed by atoms with Crippen LogP contribution in [-0.2, 0) is 16.1 Å². The predicted molar refractivity (Wildman–Crippen MR) is 97.9 cm³/mol. The second-order valence-electron chi connectivity index (χ2n) is 5.64. The van der Waals surface area contributed by atoms with Gasteiger partial charge in [-0.15, -0.1) is 0 Å². The molecule has 3 rings (SSSR count). The maximum absolute atomic E-state index is 12.0. The fourth-order valence-corrected chi connectivity index (χ4v) is 2.35. The minimum Gasteiger partial charge on any atom is -0.497 e. The Kier molecular flexibility index (Phi) is 6.00. The fraction of sp³-hybridized carbons (Fsp3) is 0.278. The van der Waals surface area contributed by atoms with Gasteiger partial charge in [0, 0.05) is 25.5 Å². The maximum atomic E-state index is 12.0. The number of ether oxygens (including phenoxy) is 3. The van der Waals surface area contributed by atoms with E-state index in [0.29, 0.717) is 28.8 Å². The summed E-state index contributed by atoms with van der Waals surface area (Å²) in [6.45, 7) is -0.162. The number of hydrogen-bond donors (Lipinski definition) is 0. The molecule has 0 bridgehead atoms. The van der Waals surface area contributed by atoms with Crippen molar-refractivity contribution in [3.05, 3.63) is 42.5 Å². The van der Waals surface area contributed by atoms with E-state index in [1.807, 2.05) is 0 Å². The van der Waals surface area contributed by atoms with E-state index in [1.165, 1.54) is 7.11 Å². The first-order valence-electron chi connectivity index (χ1n) is 8.29. The van der Waals surface area contributed by atoms with Gasteiger partial charge in [-0.3, -0.25) is 4.79 Å². The van der Waals surface area contributed by atoms with Crippen LogP contribution >= 0.6 is 0 Å². The molecule has 0 saturated heterocycles. The van der Waals surface area contributed by atoms with Gasteiger partial charge < -0.3 is 23.6 Å². The number of hydrogen-bond acceptors (Lipinski definition) is 10. The number of benzene rings is 1. The van der Waals surface area contributed by atoms with Gasteiger partial charge in [0.2, 0.25) is 11.8 Å². The molecule has 28 heavy (non-hydrogen) atoms. The smallest absolute Gasteiger partial charge is 0.326 e. The molecule has 0 aliphatic rings. The number of carbonyl (C=O) groups is 1. The van der Waals surface area contributed by atoms with Crippen LogP contribution in [0.2, 0.25) is 0 Å². The molecule has 0 fully saturated rings. The van der Waals surface area contributed by atoms with Crippen molar-refractivity contribution < 1.29 is 23.5 Å². The van der Waals surface area contributed by atoms with Crippen molar-refractivity contribution in [2.24, 2.45) is 0 Å². The third kappa shape index (κ3) is 4.53. The van der Waals surface area contributed by atoms with E-state index in [0.717, 1.165) is 0 Å². The Morgan fingerprint density at radius 3 is 2.68 bits per heavy atom. The third-order valence-corrected chi connectivity index (χ3v) is 3.73. The number of likely N-dealkylation sites (N-methyl/N-ethyl adjacent to an activating group) is 1. The fourth-order valence-electron chi connectivity index (χ4n) is 2.35. The number of esters is 1. The van der Waals surface area contributed by atoms with Crippen LogP contribution in [-0.4, -0.2) is 53.9 Å². The van der Waals surface area contributed by atoms with Crippen LogP contribution in [0.5, 0.6) is 11.5 Å². The molecule has 0 unspecified atom stereocenters. The zero-order valence-corrected chi connectivity index (χ0v) is 15.7. The summed E-state index contributed by atoms with van der Waals surface area (Å²) < 4.78 is 20.8. The highest BCUT2D eigenvalue weighted by atomic mass is 16.6. The second kappa shape index (κ2) is 8.80. The molecule has 10 nitrogen and oxygen atoms in total. The molecule has 2 heterocycles. The summed E-state index contributed by atoms with van der Waals surface area (Å²) in [7, 11) is 4.79. The quantitative estimate of drug-likeness (QED) is 0.531. The summed E-state index contributed by atoms with van der Waals surface area (Å²) in [5.74, 6) is 1.61. The molecule has 10 heteroatoms. The second-order valence-corrected chi connectivity index (χ2v) is 5.64. The molecule has 1 aromatic carbocycles. The Hall–Kier alpha value is -3.69. The SMILES string of the molecule is COc1ccc(-c2noc(COC(=O)CN(C)c3ncccn3)n2)c(OC)c1. The number of anilines is 1. The minimum atomic E-state index is -0.475. The van der Waals surface area contributed by atoms with Gasteiger partial charge in [-0.05, 0) is 18.2 Å². The lowest BCUT2D eigenvalue weighted by Gasteiger charge is -2.14. The van der Waals surface area contributed by atoms with Crippen LogP contribution in [0.1, 0.15) is 5.89 Å². The van der Waals surface area contributed by atoms with E-state index < -0.39 is 5.97 Å². The first kappa shape index (κ1) is 19.1. The lowest BCUT2D eigenvalue weighted by Crippen LogP contribution is -2.28. The van der Waals surface area contributed by atoms with E-state index in [1.54, 1.807) is 55.7 Å². The zero-order chi connectivity index (χ0) is 19.9. The average Bonchev–Trinajstić information content (AvgIpc) is 3.21. The lowest BCUT2D eigenvalue weighted by atomic mass is 10.2. The molecule has 0 aliphatic heterocycles. The zero-order valence-electron chi connectivity index (χ0n) is 15.7. The van der Waals surface area contributed by atoms with Crippen molar-refractivity contribution in [2.45, 2.75) is 6.61 Å². The van der Waals surface area contributed by atoms with Crippen LogP contribution < -0.4 is 14.4 Å². The van der Waals surface area contributed by atoms with Crippen LogP contribution in [0.15, 0.2) is 41.2 Å². The van der Waals surface area contributed by atoms with Crippen molar-refractivity contribution in [3.8, 4) is 22.9 Å². The van der Waals surface area contributed by atoms with Gasteiger partial charge >= 0.3 is 5.97 Å². The molecule has 146 valence electrons. The average molecular weight is 385 g/mol. The highest BCUT2D eigenvalue weighted by molar-refractivity contribution is 5.74. The highest BCUT2D eigenvalue weighted by Crippen LogP contribution is 2.31. The van der Waals surface area contributed by atoms with Gasteiger partial charge in [0.15, 0.2) is 6.61 Å². The Morgan fingerprint density at radius 1 is 1.18 bits per heavy atom. The number of rotatable bonds is 8. The van der Waals surface area contributed by atoms with E-state index in [4.69, 9.17) is 18.7 Å². The summed E-state index contributed by atoms with van der Waals surface area (Å²) >= 11 is 0. The van der Waals surface area contributed by atoms with Crippen LogP contribution in [0.3, 0.4) is 0 Å². The van der Waals surface area contributed by atoms with Crippen molar-refractivity contribution in [1.82, 2.24) is 20.1 Å². The van der Waals surface area contributed by atoms with E-state index in [2.05, 4.69) is 20.1 Å². The highest BCUT2D eigenvalue weighted by Gasteiger charge is 2.16. The van der Waals surface area contributed by atoms with E-state index >= 15 is 0 Å². The van der Waals surface area contributed by atoms with Crippen molar-refractivity contribution in [2.75, 3.05) is 32.7 Å². The predicted octanol–water partition coefficient (Wildman–Crippen LogP) is 1.72. The molecular formula is C18H19N5O5. The van der Waals surface area contributed by atoms with Gasteiger partial charge in [-0.1, -0.05) is 5.16 Å². The van der Waals surface area contributed by atoms with Gasteiger partial charge in [0.05, 0.1) is 19.8 Å². The van der Waals surface area contributed by atoms with Crippen LogP contribution in [0.25, 0.3) is 11.4 Å². The summed E-state index contributed by atoms with van der Waals surface area (Å²) in [6.07, 6.45) is 3.19. The van der Waals surface area contributed by atoms with Gasteiger partial charge in [0.1, 0.15) is 18.0 Å². The van der Waals surface area contributed by atoms with Crippen molar-refractivity contribution in [1.29, 1.82) is 0 Å². The van der Waals surface area contributed by atoms with Crippen LogP contribution in [0.4, 0.5) is 5.95 Å². The van der Waals surface area contributed by atoms with Crippen molar-refractivity contribution >= 4 is 11.9 Å². The topological polar surface area (TPSA) is 113 Å². The summed E-state index contributed by atoms with van der Waals surface area (Å²) in [5.41, 5.74) is 0.630. The Balaban J connectivity index is 1.60. The molecule has 3 aromatic rings. The first-order valence-corrected chi connectivity index (χ1v) is 8.29. The standard InChI is InChI=1S/C18H19N5O5/c1-23(18-19-7-4-8-20-18)10-16(24)27-11-15-21-17(22-28-15)13-6-5-12(25-2)9-14(13)26-3/h4-9H,10-11H2,1-3H3. The number of aromatic nitrogens is 4. The first-order chi connectivity index (χ1) is 13.6. The number of carbonyl (C=O) groups excluding carboxylic acids is 1. The van der Waals surface area contributed by atoms with Gasteiger partial charge in [-0.25, -0.2) is 9.97 Å². The molecule has 0 amide bonds. The van der Waals surface area contributed by atoms with E-state index in [9.17, 15) is 4.79 Å². The summed E-state index contributed by atoms with van der Waals surface area (Å²) in [4.78, 5) is 25.9. The minimum absolute atomic E-state index is 0.0166. The molecule has 0 spiro atoms. The maximum Gasteiger partial charge on any atom is 0.326 e. The molecule has 0 radical (unpaired) electrons. The third-order valence-electron chi connectivity index (χ3n) is 3.73. The Labute approximate surface area is 161 Å². The normalized spacial score (nSPS) is 10.4. The Bertz CT molecular complexity index is 931. The van der Waals surface area contributed by atoms with Crippen molar-refractivity contribution in [3.63, 3.8) is 0 Å². The largest absolute Gasteiger partial charge is 0.497 e. The molecule has 0 aliphatic carbocycles. The van der Waals surface area contributed by atoms with Gasteiger partial charge in [-0.2, -0.15) is 4.98 Å². The van der Waals surface area contributed by atoms with Crippen LogP contribution in [0, 0.1) is 0 Å². The monoisotopic (exact) mass is 385 g/mol. The molecular weight excluding hydrogens is 366 g/mol. The molecule has 0 N–H and O–H groups in total. The van der Waals surface area contributed by atoms with E-state index in [-0.39, 0.29) is 19.0 Å². The molecule has 0 atom stereocenters. The molecule has 2 aromatic heterocycles. The lowest BCUT2D eigenvalue weighted by molar-refractivity contribution is -0.144. The Morgan fingerprint density at radius 2 is 1.96 bits per heavy atom. The van der Waals surface area contributed by atoms with Gasteiger partial charge in [0.25, 0.3) is 5.89 Å². The number of nitrogens with zero attached hydrogens (tertiary/aromatic N) is 5. The summed E-state index contributed by atoms with van der Waals surface area (Å²) in [6, 6.07) is 6.93. The summed E-state index contributed by atoms with van der Waals surface area (Å²) in [5, 5.41) is 3.91.